The summed E-state index contributed by atoms with van der Waals surface area (Å²) in [4.78, 5) is 17.7. The zero-order valence-electron chi connectivity index (χ0n) is 8.42. The molecule has 1 heterocycles. The lowest BCUT2D eigenvalue weighted by Gasteiger charge is -2.12. The molecule has 0 aliphatic heterocycles. The fourth-order valence-corrected chi connectivity index (χ4v) is 1.42. The first-order chi connectivity index (χ1) is 7.43. The molecule has 1 rings (SSSR count). The smallest absolute Gasteiger partial charge is 0.372 e. The highest BCUT2D eigenvalue weighted by Gasteiger charge is 2.37. The number of anilines is 1. The summed E-state index contributed by atoms with van der Waals surface area (Å²) in [5, 5.41) is 2.40. The lowest BCUT2D eigenvalue weighted by molar-refractivity contribution is -0.141. The van der Waals surface area contributed by atoms with Gasteiger partial charge in [-0.25, -0.2) is 9.97 Å². The molecule has 0 amide bonds. The van der Waals surface area contributed by atoms with Gasteiger partial charge in [-0.1, -0.05) is 11.8 Å². The Bertz CT molecular complexity index is 408. The number of thioether (sulfide) groups is 1. The summed E-state index contributed by atoms with van der Waals surface area (Å²) in [6.45, 7) is 0. The molecule has 0 radical (unpaired) electrons. The zero-order valence-corrected chi connectivity index (χ0v) is 9.24. The van der Waals surface area contributed by atoms with Crippen molar-refractivity contribution < 1.29 is 18.0 Å². The number of nitrogens with one attached hydrogen (secondary N) is 1. The molecule has 16 heavy (non-hydrogen) atoms. The van der Waals surface area contributed by atoms with Gasteiger partial charge in [-0.05, 0) is 6.26 Å². The van der Waals surface area contributed by atoms with Crippen LogP contribution in [0, 0.1) is 0 Å². The maximum atomic E-state index is 12.6. The summed E-state index contributed by atoms with van der Waals surface area (Å²) in [7, 11) is 1.39. The molecule has 8 heteroatoms. The van der Waals surface area contributed by atoms with E-state index in [0.717, 1.165) is 11.8 Å². The Morgan fingerprint density at radius 3 is 2.38 bits per heavy atom. The molecule has 1 aromatic heterocycles. The third-order valence-corrected chi connectivity index (χ3v) is 2.28. The van der Waals surface area contributed by atoms with Crippen molar-refractivity contribution in [2.24, 2.45) is 0 Å². The first kappa shape index (κ1) is 12.8. The molecule has 0 atom stereocenters. The summed E-state index contributed by atoms with van der Waals surface area (Å²) >= 11 is 0.970. The number of hydrogen-bond acceptors (Lipinski definition) is 5. The quantitative estimate of drug-likeness (QED) is 0.506. The third-order valence-electron chi connectivity index (χ3n) is 1.73. The molecular weight excluding hydrogens is 243 g/mol. The van der Waals surface area contributed by atoms with Crippen molar-refractivity contribution in [3.63, 3.8) is 0 Å². The van der Waals surface area contributed by atoms with Gasteiger partial charge in [-0.15, -0.1) is 0 Å². The van der Waals surface area contributed by atoms with Gasteiger partial charge in [0, 0.05) is 7.05 Å². The van der Waals surface area contributed by atoms with Gasteiger partial charge in [0.1, 0.15) is 5.82 Å². The molecule has 0 bridgehead atoms. The number of nitrogens with zero attached hydrogens (tertiary/aromatic N) is 2. The average Bonchev–Trinajstić information content (AvgIpc) is 2.25. The maximum Gasteiger partial charge on any atom is 0.434 e. The van der Waals surface area contributed by atoms with Crippen molar-refractivity contribution >= 4 is 23.9 Å². The molecule has 1 aromatic rings. The molecule has 0 fully saturated rings. The Kier molecular flexibility index (Phi) is 3.74. The number of rotatable bonds is 3. The first-order valence-corrected chi connectivity index (χ1v) is 5.32. The number of aldehydes is 1. The molecule has 0 aromatic carbocycles. The van der Waals surface area contributed by atoms with Crippen molar-refractivity contribution in [3.8, 4) is 0 Å². The van der Waals surface area contributed by atoms with Crippen LogP contribution in [-0.4, -0.2) is 29.6 Å². The summed E-state index contributed by atoms with van der Waals surface area (Å²) in [5.41, 5.74) is -1.79. The molecule has 0 spiro atoms. The Labute approximate surface area is 93.7 Å². The Hall–Kier alpha value is -1.31. The van der Waals surface area contributed by atoms with Gasteiger partial charge in [0.2, 0.25) is 0 Å². The number of carbonyl (C=O) groups excluding carboxylic acids is 1. The van der Waals surface area contributed by atoms with Crippen LogP contribution in [0.3, 0.4) is 0 Å². The second kappa shape index (κ2) is 4.69. The normalized spacial score (nSPS) is 11.3. The van der Waals surface area contributed by atoms with Crippen molar-refractivity contribution in [1.29, 1.82) is 0 Å². The summed E-state index contributed by atoms with van der Waals surface area (Å²) in [6.07, 6.45) is -3.02. The summed E-state index contributed by atoms with van der Waals surface area (Å²) in [6, 6.07) is 0. The van der Waals surface area contributed by atoms with E-state index >= 15 is 0 Å². The molecule has 4 nitrogen and oxygen atoms in total. The van der Waals surface area contributed by atoms with Gasteiger partial charge in [-0.3, -0.25) is 4.79 Å². The Balaban J connectivity index is 3.49. The fraction of sp³-hybridized carbons (Fsp3) is 0.375. The second-order valence-electron chi connectivity index (χ2n) is 2.69. The predicted molar refractivity (Wildman–Crippen MR) is 53.7 cm³/mol. The molecular formula is C8H8F3N3OS. The van der Waals surface area contributed by atoms with E-state index in [1.807, 2.05) is 0 Å². The van der Waals surface area contributed by atoms with Crippen LogP contribution in [0.4, 0.5) is 19.0 Å². The third kappa shape index (κ3) is 2.43. The van der Waals surface area contributed by atoms with Crippen molar-refractivity contribution in [1.82, 2.24) is 9.97 Å². The highest BCUT2D eigenvalue weighted by Crippen LogP contribution is 2.33. The highest BCUT2D eigenvalue weighted by molar-refractivity contribution is 7.98. The second-order valence-corrected chi connectivity index (χ2v) is 3.46. The number of aromatic nitrogens is 2. The minimum absolute atomic E-state index is 0.0396. The molecule has 0 aliphatic carbocycles. The predicted octanol–water partition coefficient (Wildman–Crippen LogP) is 2.07. The van der Waals surface area contributed by atoms with Crippen molar-refractivity contribution in [2.75, 3.05) is 18.6 Å². The highest BCUT2D eigenvalue weighted by atomic mass is 32.2. The molecule has 88 valence electrons. The zero-order chi connectivity index (χ0) is 12.3. The molecule has 0 saturated heterocycles. The Morgan fingerprint density at radius 2 is 2.00 bits per heavy atom. The molecule has 0 unspecified atom stereocenters. The summed E-state index contributed by atoms with van der Waals surface area (Å²) < 4.78 is 37.7. The van der Waals surface area contributed by atoms with Crippen LogP contribution in [0.15, 0.2) is 5.16 Å². The van der Waals surface area contributed by atoms with E-state index in [1.54, 1.807) is 6.26 Å². The topological polar surface area (TPSA) is 54.9 Å². The van der Waals surface area contributed by atoms with E-state index in [0.29, 0.717) is 0 Å². The van der Waals surface area contributed by atoms with E-state index in [9.17, 15) is 18.0 Å². The molecule has 1 N–H and O–H groups in total. The minimum atomic E-state index is -4.67. The van der Waals surface area contributed by atoms with E-state index < -0.39 is 17.4 Å². The van der Waals surface area contributed by atoms with E-state index in [1.165, 1.54) is 7.05 Å². The standard InChI is InChI=1S/C8H8F3N3OS/c1-12-6-4(3-15)5(8(9,10)11)13-7(14-6)16-2/h3H,1-2H3,(H,12,13,14). The first-order valence-electron chi connectivity index (χ1n) is 4.10. The SMILES string of the molecule is CNc1nc(SC)nc(C(F)(F)F)c1C=O. The largest absolute Gasteiger partial charge is 0.434 e. The number of carbonyl (C=O) groups is 1. The van der Waals surface area contributed by atoms with Gasteiger partial charge in [0.25, 0.3) is 0 Å². The lowest BCUT2D eigenvalue weighted by atomic mass is 10.2. The van der Waals surface area contributed by atoms with Gasteiger partial charge in [0.15, 0.2) is 17.1 Å². The van der Waals surface area contributed by atoms with Crippen LogP contribution < -0.4 is 5.32 Å². The Morgan fingerprint density at radius 1 is 1.38 bits per heavy atom. The maximum absolute atomic E-state index is 12.6. The van der Waals surface area contributed by atoms with Gasteiger partial charge < -0.3 is 5.32 Å². The number of alkyl halides is 3. The van der Waals surface area contributed by atoms with Crippen LogP contribution in [0.2, 0.25) is 0 Å². The van der Waals surface area contributed by atoms with Crippen LogP contribution in [0.25, 0.3) is 0 Å². The van der Waals surface area contributed by atoms with E-state index in [-0.39, 0.29) is 17.3 Å². The number of halogens is 3. The van der Waals surface area contributed by atoms with Crippen LogP contribution in [-0.2, 0) is 6.18 Å². The van der Waals surface area contributed by atoms with Crippen molar-refractivity contribution in [2.45, 2.75) is 11.3 Å². The van der Waals surface area contributed by atoms with Gasteiger partial charge >= 0.3 is 6.18 Å². The lowest BCUT2D eigenvalue weighted by Crippen LogP contribution is -2.15. The minimum Gasteiger partial charge on any atom is -0.372 e. The van der Waals surface area contributed by atoms with Crippen LogP contribution in [0.5, 0.6) is 0 Å². The average molecular weight is 251 g/mol. The molecule has 0 saturated carbocycles. The van der Waals surface area contributed by atoms with Crippen molar-refractivity contribution in [3.05, 3.63) is 11.3 Å². The van der Waals surface area contributed by atoms with Crippen LogP contribution in [0.1, 0.15) is 16.1 Å². The van der Waals surface area contributed by atoms with Gasteiger partial charge in [-0.2, -0.15) is 13.2 Å². The van der Waals surface area contributed by atoms with Gasteiger partial charge in [0.05, 0.1) is 5.56 Å². The summed E-state index contributed by atoms with van der Waals surface area (Å²) in [5.74, 6) is -0.123. The van der Waals surface area contributed by atoms with E-state index in [4.69, 9.17) is 0 Å². The van der Waals surface area contributed by atoms with E-state index in [2.05, 4.69) is 15.3 Å². The number of hydrogen-bond donors (Lipinski definition) is 1. The monoisotopic (exact) mass is 251 g/mol. The fourth-order valence-electron chi connectivity index (χ4n) is 1.06. The molecule has 0 aliphatic rings. The van der Waals surface area contributed by atoms with Crippen LogP contribution >= 0.6 is 11.8 Å².